The molecule has 0 aliphatic carbocycles. The zero-order valence-corrected chi connectivity index (χ0v) is 5.89. The zero-order valence-electron chi connectivity index (χ0n) is 5.07. The van der Waals surface area contributed by atoms with E-state index in [4.69, 9.17) is 6.42 Å². The fourth-order valence-corrected chi connectivity index (χ4v) is 0.920. The van der Waals surface area contributed by atoms with E-state index in [2.05, 4.69) is 15.5 Å². The number of carbonyl (C=O) groups excluding carboxylic acids is 1. The van der Waals surface area contributed by atoms with E-state index in [0.717, 1.165) is 11.5 Å². The molecule has 50 valence electrons. The second-order valence-corrected chi connectivity index (χ2v) is 2.37. The highest BCUT2D eigenvalue weighted by molar-refractivity contribution is 7.07. The Morgan fingerprint density at radius 2 is 2.70 bits per heavy atom. The molecule has 0 fully saturated rings. The molecule has 0 aliphatic heterocycles. The van der Waals surface area contributed by atoms with Crippen LogP contribution in [0, 0.1) is 12.3 Å². The molecule has 0 saturated carbocycles. The summed E-state index contributed by atoms with van der Waals surface area (Å²) >= 11 is 1.06. The molecule has 0 aliphatic rings. The van der Waals surface area contributed by atoms with Crippen molar-refractivity contribution in [3.8, 4) is 12.3 Å². The average molecular weight is 152 g/mol. The third kappa shape index (κ3) is 1.39. The average Bonchev–Trinajstić information content (AvgIpc) is 2.38. The van der Waals surface area contributed by atoms with E-state index in [1.54, 1.807) is 0 Å². The Bertz CT molecular complexity index is 260. The number of aromatic nitrogens is 2. The van der Waals surface area contributed by atoms with Crippen LogP contribution in [-0.2, 0) is 0 Å². The zero-order chi connectivity index (χ0) is 7.40. The molecule has 0 amide bonds. The van der Waals surface area contributed by atoms with Gasteiger partial charge in [0, 0.05) is 0 Å². The Labute approximate surface area is 62.2 Å². The van der Waals surface area contributed by atoms with Crippen LogP contribution in [0.15, 0.2) is 6.20 Å². The van der Waals surface area contributed by atoms with Gasteiger partial charge in [0.25, 0.3) is 0 Å². The van der Waals surface area contributed by atoms with Crippen LogP contribution in [0.4, 0.5) is 0 Å². The first-order valence-corrected chi connectivity index (χ1v) is 3.36. The van der Waals surface area contributed by atoms with Crippen molar-refractivity contribution < 1.29 is 4.79 Å². The number of ketones is 1. The van der Waals surface area contributed by atoms with Crippen LogP contribution >= 0.6 is 11.5 Å². The van der Waals surface area contributed by atoms with Crippen LogP contribution < -0.4 is 0 Å². The van der Waals surface area contributed by atoms with E-state index in [-0.39, 0.29) is 12.2 Å². The number of carbonyl (C=O) groups is 1. The van der Waals surface area contributed by atoms with Gasteiger partial charge in [-0.1, -0.05) is 10.4 Å². The molecular formula is C6H4N2OS. The van der Waals surface area contributed by atoms with Gasteiger partial charge in [-0.25, -0.2) is 0 Å². The normalized spacial score (nSPS) is 8.70. The molecule has 0 saturated heterocycles. The standard InChI is InChI=1S/C6H4N2OS/c1-2-3-5(9)6-4-7-8-10-6/h1,4H,3H2. The second kappa shape index (κ2) is 3.08. The van der Waals surface area contributed by atoms with E-state index in [9.17, 15) is 4.79 Å². The molecule has 0 unspecified atom stereocenters. The highest BCUT2D eigenvalue weighted by Crippen LogP contribution is 2.04. The molecule has 1 aromatic heterocycles. The van der Waals surface area contributed by atoms with Crippen molar-refractivity contribution in [1.82, 2.24) is 9.59 Å². The van der Waals surface area contributed by atoms with Crippen LogP contribution in [-0.4, -0.2) is 15.4 Å². The summed E-state index contributed by atoms with van der Waals surface area (Å²) in [6, 6.07) is 0. The van der Waals surface area contributed by atoms with Gasteiger partial charge in [0.1, 0.15) is 4.88 Å². The molecule has 1 rings (SSSR count). The van der Waals surface area contributed by atoms with Crippen LogP contribution in [0.3, 0.4) is 0 Å². The van der Waals surface area contributed by atoms with Gasteiger partial charge in [-0.3, -0.25) is 4.79 Å². The summed E-state index contributed by atoms with van der Waals surface area (Å²) in [4.78, 5) is 11.4. The smallest absolute Gasteiger partial charge is 0.187 e. The van der Waals surface area contributed by atoms with Crippen molar-refractivity contribution in [2.45, 2.75) is 6.42 Å². The Kier molecular flexibility index (Phi) is 2.13. The van der Waals surface area contributed by atoms with Crippen LogP contribution in [0.1, 0.15) is 16.1 Å². The monoisotopic (exact) mass is 152 g/mol. The highest BCUT2D eigenvalue weighted by Gasteiger charge is 2.05. The molecule has 1 aromatic rings. The Morgan fingerprint density at radius 3 is 3.20 bits per heavy atom. The molecule has 1 heterocycles. The Balaban J connectivity index is 2.71. The Morgan fingerprint density at radius 1 is 1.90 bits per heavy atom. The highest BCUT2D eigenvalue weighted by atomic mass is 32.1. The molecule has 0 spiro atoms. The second-order valence-electron chi connectivity index (χ2n) is 1.59. The first-order chi connectivity index (χ1) is 4.84. The lowest BCUT2D eigenvalue weighted by atomic mass is 10.3. The van der Waals surface area contributed by atoms with Gasteiger partial charge < -0.3 is 0 Å². The van der Waals surface area contributed by atoms with Gasteiger partial charge in [0.2, 0.25) is 0 Å². The number of Topliss-reactive ketones (excluding diaryl/α,β-unsaturated/α-hetero) is 1. The summed E-state index contributed by atoms with van der Waals surface area (Å²) < 4.78 is 3.53. The maximum atomic E-state index is 10.9. The van der Waals surface area contributed by atoms with E-state index in [1.165, 1.54) is 6.20 Å². The van der Waals surface area contributed by atoms with E-state index in [1.807, 2.05) is 0 Å². The first-order valence-electron chi connectivity index (χ1n) is 2.58. The maximum absolute atomic E-state index is 10.9. The molecule has 10 heavy (non-hydrogen) atoms. The van der Waals surface area contributed by atoms with E-state index < -0.39 is 0 Å². The molecular weight excluding hydrogens is 148 g/mol. The van der Waals surface area contributed by atoms with Gasteiger partial charge in [-0.05, 0) is 11.5 Å². The molecule has 0 radical (unpaired) electrons. The molecule has 3 nitrogen and oxygen atoms in total. The van der Waals surface area contributed by atoms with Gasteiger partial charge in [0.15, 0.2) is 5.78 Å². The number of hydrogen-bond acceptors (Lipinski definition) is 4. The van der Waals surface area contributed by atoms with Crippen molar-refractivity contribution in [3.05, 3.63) is 11.1 Å². The fraction of sp³-hybridized carbons (Fsp3) is 0.167. The third-order valence-electron chi connectivity index (χ3n) is 0.899. The van der Waals surface area contributed by atoms with Crippen LogP contribution in [0.25, 0.3) is 0 Å². The maximum Gasteiger partial charge on any atom is 0.187 e. The fourth-order valence-electron chi connectivity index (χ4n) is 0.470. The van der Waals surface area contributed by atoms with Gasteiger partial charge >= 0.3 is 0 Å². The lowest BCUT2D eigenvalue weighted by Crippen LogP contribution is -1.92. The quantitative estimate of drug-likeness (QED) is 0.463. The minimum absolute atomic E-state index is 0.0856. The summed E-state index contributed by atoms with van der Waals surface area (Å²) in [5, 5.41) is 3.50. The van der Waals surface area contributed by atoms with E-state index >= 15 is 0 Å². The first kappa shape index (κ1) is 6.90. The predicted molar refractivity (Wildman–Crippen MR) is 37.7 cm³/mol. The summed E-state index contributed by atoms with van der Waals surface area (Å²) in [6.07, 6.45) is 6.48. The molecule has 4 heteroatoms. The van der Waals surface area contributed by atoms with Gasteiger partial charge in [0.05, 0.1) is 12.6 Å². The minimum Gasteiger partial charge on any atom is -0.292 e. The summed E-state index contributed by atoms with van der Waals surface area (Å²) in [5.74, 6) is 2.17. The van der Waals surface area contributed by atoms with Crippen molar-refractivity contribution >= 4 is 17.3 Å². The summed E-state index contributed by atoms with van der Waals surface area (Å²) in [6.45, 7) is 0. The van der Waals surface area contributed by atoms with Crippen molar-refractivity contribution in [2.24, 2.45) is 0 Å². The van der Waals surface area contributed by atoms with Gasteiger partial charge in [-0.15, -0.1) is 11.5 Å². The van der Waals surface area contributed by atoms with Gasteiger partial charge in [-0.2, -0.15) is 0 Å². The molecule has 0 bridgehead atoms. The SMILES string of the molecule is C#CCC(=O)c1cnns1. The Hall–Kier alpha value is -1.21. The molecule has 0 atom stereocenters. The summed E-state index contributed by atoms with van der Waals surface area (Å²) in [7, 11) is 0. The van der Waals surface area contributed by atoms with Crippen molar-refractivity contribution in [2.75, 3.05) is 0 Å². The van der Waals surface area contributed by atoms with Crippen LogP contribution in [0.5, 0.6) is 0 Å². The predicted octanol–water partition coefficient (Wildman–Crippen LogP) is 0.744. The summed E-state index contributed by atoms with van der Waals surface area (Å²) in [5.41, 5.74) is 0. The molecule has 0 aromatic carbocycles. The van der Waals surface area contributed by atoms with Crippen molar-refractivity contribution in [3.63, 3.8) is 0 Å². The number of terminal acetylenes is 1. The lowest BCUT2D eigenvalue weighted by Gasteiger charge is -1.83. The van der Waals surface area contributed by atoms with E-state index in [0.29, 0.717) is 4.88 Å². The largest absolute Gasteiger partial charge is 0.292 e. The number of hydrogen-bond donors (Lipinski definition) is 0. The topological polar surface area (TPSA) is 42.9 Å². The van der Waals surface area contributed by atoms with Crippen LogP contribution in [0.2, 0.25) is 0 Å². The lowest BCUT2D eigenvalue weighted by molar-refractivity contribution is 0.100. The van der Waals surface area contributed by atoms with Crippen molar-refractivity contribution in [1.29, 1.82) is 0 Å². The molecule has 0 N–H and O–H groups in total. The number of nitrogens with zero attached hydrogens (tertiary/aromatic N) is 2. The third-order valence-corrected chi connectivity index (χ3v) is 1.60. The number of rotatable bonds is 2. The minimum atomic E-state index is -0.0856.